The molecule has 0 aromatic carbocycles. The van der Waals surface area contributed by atoms with Crippen molar-refractivity contribution in [2.75, 3.05) is 44.9 Å². The second-order valence-corrected chi connectivity index (χ2v) is 7.01. The van der Waals surface area contributed by atoms with Crippen LogP contribution in [0.1, 0.15) is 6.42 Å². The first-order valence-corrected chi connectivity index (χ1v) is 8.09. The maximum Gasteiger partial charge on any atom is 0.256 e. The van der Waals surface area contributed by atoms with E-state index in [9.17, 15) is 8.42 Å². The van der Waals surface area contributed by atoms with E-state index in [0.29, 0.717) is 26.1 Å². The average molecular weight is 296 g/mol. The first-order chi connectivity index (χ1) is 8.43. The van der Waals surface area contributed by atoms with Crippen LogP contribution in [0.4, 0.5) is 0 Å². The first-order valence-electron chi connectivity index (χ1n) is 5.86. The summed E-state index contributed by atoms with van der Waals surface area (Å²) in [6.07, 6.45) is 0.580. The summed E-state index contributed by atoms with van der Waals surface area (Å²) in [5, 5.41) is 11.9. The molecule has 18 heavy (non-hydrogen) atoms. The van der Waals surface area contributed by atoms with Crippen LogP contribution in [0.15, 0.2) is 0 Å². The third-order valence-corrected chi connectivity index (χ3v) is 4.75. The number of sulfone groups is 1. The number of aliphatic hydroxyl groups is 1. The molecule has 6 nitrogen and oxygen atoms in total. The number of nitrogens with zero attached hydrogens (tertiary/aromatic N) is 1. The number of thiocarbonyl (C=S) groups is 1. The summed E-state index contributed by atoms with van der Waals surface area (Å²) in [6.45, 7) is 1.77. The molecule has 0 unspecified atom stereocenters. The summed E-state index contributed by atoms with van der Waals surface area (Å²) >= 11 is 4.99. The molecule has 2 N–H and O–H groups in total. The van der Waals surface area contributed by atoms with Gasteiger partial charge in [0.1, 0.15) is 6.61 Å². The number of nitrogens with one attached hydrogen (secondary N) is 1. The molecule has 0 aromatic rings. The highest BCUT2D eigenvalue weighted by Crippen LogP contribution is 2.11. The molecule has 0 bridgehead atoms. The van der Waals surface area contributed by atoms with Crippen LogP contribution >= 0.6 is 12.2 Å². The Morgan fingerprint density at radius 2 is 2.28 bits per heavy atom. The van der Waals surface area contributed by atoms with Gasteiger partial charge in [-0.3, -0.25) is 0 Å². The predicted molar refractivity (Wildman–Crippen MR) is 73.3 cm³/mol. The Labute approximate surface area is 113 Å². The Morgan fingerprint density at radius 3 is 2.83 bits per heavy atom. The van der Waals surface area contributed by atoms with E-state index in [2.05, 4.69) is 5.32 Å². The number of hydrogen-bond donors (Lipinski definition) is 2. The molecule has 1 rings (SSSR count). The number of rotatable bonds is 6. The van der Waals surface area contributed by atoms with Crippen molar-refractivity contribution in [1.82, 2.24) is 10.2 Å². The van der Waals surface area contributed by atoms with Crippen molar-refractivity contribution in [3.05, 3.63) is 0 Å². The lowest BCUT2D eigenvalue weighted by Gasteiger charge is -2.17. The van der Waals surface area contributed by atoms with Gasteiger partial charge in [0, 0.05) is 19.1 Å². The molecule has 1 aliphatic rings. The molecule has 0 aliphatic carbocycles. The van der Waals surface area contributed by atoms with Gasteiger partial charge in [0.2, 0.25) is 0 Å². The van der Waals surface area contributed by atoms with Crippen LogP contribution < -0.4 is 5.32 Å². The van der Waals surface area contributed by atoms with Crippen molar-refractivity contribution in [3.63, 3.8) is 0 Å². The van der Waals surface area contributed by atoms with E-state index in [1.54, 1.807) is 0 Å². The second kappa shape index (κ2) is 7.22. The van der Waals surface area contributed by atoms with E-state index >= 15 is 0 Å². The van der Waals surface area contributed by atoms with Crippen LogP contribution in [0.2, 0.25) is 0 Å². The van der Waals surface area contributed by atoms with Crippen molar-refractivity contribution < 1.29 is 18.3 Å². The minimum Gasteiger partial charge on any atom is -0.470 e. The van der Waals surface area contributed by atoms with Gasteiger partial charge in [0.15, 0.2) is 9.84 Å². The lowest BCUT2D eigenvalue weighted by Crippen LogP contribution is -2.37. The Bertz CT molecular complexity index is 372. The van der Waals surface area contributed by atoms with Crippen molar-refractivity contribution in [2.45, 2.75) is 12.5 Å². The zero-order valence-electron chi connectivity index (χ0n) is 10.5. The molecule has 0 radical (unpaired) electrons. The largest absolute Gasteiger partial charge is 0.470 e. The minimum atomic E-state index is -2.90. The minimum absolute atomic E-state index is 0.110. The SMILES string of the molecule is CN(CCO)CCOC(=S)N[C@@H]1CCS(=O)(=O)C1. The Balaban J connectivity index is 2.15. The van der Waals surface area contributed by atoms with Gasteiger partial charge in [0.05, 0.1) is 18.1 Å². The quantitative estimate of drug-likeness (QED) is 0.608. The monoisotopic (exact) mass is 296 g/mol. The third kappa shape index (κ3) is 5.94. The van der Waals surface area contributed by atoms with Gasteiger partial charge in [-0.25, -0.2) is 8.42 Å². The fourth-order valence-corrected chi connectivity index (χ4v) is 3.62. The smallest absolute Gasteiger partial charge is 0.256 e. The molecule has 106 valence electrons. The lowest BCUT2D eigenvalue weighted by atomic mass is 10.3. The van der Waals surface area contributed by atoms with Crippen LogP contribution in [-0.4, -0.2) is 74.5 Å². The van der Waals surface area contributed by atoms with Gasteiger partial charge in [0.25, 0.3) is 5.17 Å². The van der Waals surface area contributed by atoms with E-state index in [-0.39, 0.29) is 29.3 Å². The van der Waals surface area contributed by atoms with Gasteiger partial charge in [-0.05, 0) is 25.7 Å². The number of aliphatic hydroxyl groups excluding tert-OH is 1. The fraction of sp³-hybridized carbons (Fsp3) is 0.900. The summed E-state index contributed by atoms with van der Waals surface area (Å²) in [5.74, 6) is 0.341. The molecule has 0 amide bonds. The number of ether oxygens (including phenoxy) is 1. The first kappa shape index (κ1) is 15.6. The van der Waals surface area contributed by atoms with Crippen LogP contribution in [0.5, 0.6) is 0 Å². The molecule has 0 spiro atoms. The van der Waals surface area contributed by atoms with Crippen LogP contribution in [0, 0.1) is 0 Å². The van der Waals surface area contributed by atoms with Crippen molar-refractivity contribution in [3.8, 4) is 0 Å². The third-order valence-electron chi connectivity index (χ3n) is 2.74. The fourth-order valence-electron chi connectivity index (χ4n) is 1.69. The topological polar surface area (TPSA) is 78.9 Å². The van der Waals surface area contributed by atoms with Crippen molar-refractivity contribution in [1.29, 1.82) is 0 Å². The zero-order valence-corrected chi connectivity index (χ0v) is 12.1. The van der Waals surface area contributed by atoms with Crippen LogP contribution in [0.3, 0.4) is 0 Å². The Morgan fingerprint density at radius 1 is 1.56 bits per heavy atom. The molecule has 1 saturated heterocycles. The van der Waals surface area contributed by atoms with E-state index < -0.39 is 9.84 Å². The van der Waals surface area contributed by atoms with Gasteiger partial charge >= 0.3 is 0 Å². The van der Waals surface area contributed by atoms with E-state index in [1.165, 1.54) is 0 Å². The lowest BCUT2D eigenvalue weighted by molar-refractivity contribution is 0.187. The van der Waals surface area contributed by atoms with Crippen LogP contribution in [0.25, 0.3) is 0 Å². The Hall–Kier alpha value is -0.440. The number of likely N-dealkylation sites (N-methyl/N-ethyl adjacent to an activating group) is 1. The van der Waals surface area contributed by atoms with Crippen molar-refractivity contribution >= 4 is 27.2 Å². The summed E-state index contributed by atoms with van der Waals surface area (Å²) < 4.78 is 27.8. The molecule has 8 heteroatoms. The summed E-state index contributed by atoms with van der Waals surface area (Å²) in [4.78, 5) is 1.92. The summed E-state index contributed by atoms with van der Waals surface area (Å²) in [7, 11) is -1.02. The molecule has 1 aliphatic heterocycles. The standard InChI is InChI=1S/C10H20N2O4S2/c1-12(3-5-13)4-6-16-10(17)11-9-2-7-18(14,15)8-9/h9,13H,2-8H2,1H3,(H,11,17)/t9-/m1/s1. The van der Waals surface area contributed by atoms with E-state index in [1.807, 2.05) is 11.9 Å². The molecule has 1 atom stereocenters. The average Bonchev–Trinajstić information content (AvgIpc) is 2.58. The molecule has 0 aromatic heterocycles. The predicted octanol–water partition coefficient (Wildman–Crippen LogP) is -1.01. The van der Waals surface area contributed by atoms with Gasteiger partial charge in [-0.2, -0.15) is 0 Å². The molecular weight excluding hydrogens is 276 g/mol. The summed E-state index contributed by atoms with van der Waals surface area (Å²) in [6, 6.07) is -0.127. The normalized spacial score (nSPS) is 22.1. The van der Waals surface area contributed by atoms with E-state index in [4.69, 9.17) is 22.1 Å². The van der Waals surface area contributed by atoms with Crippen molar-refractivity contribution in [2.24, 2.45) is 0 Å². The van der Waals surface area contributed by atoms with Gasteiger partial charge < -0.3 is 20.1 Å². The Kier molecular flexibility index (Phi) is 6.27. The highest BCUT2D eigenvalue weighted by molar-refractivity contribution is 7.91. The highest BCUT2D eigenvalue weighted by Gasteiger charge is 2.28. The summed E-state index contributed by atoms with van der Waals surface area (Å²) in [5.41, 5.74) is 0. The molecule has 1 fully saturated rings. The highest BCUT2D eigenvalue weighted by atomic mass is 32.2. The van der Waals surface area contributed by atoms with Gasteiger partial charge in [-0.15, -0.1) is 0 Å². The maximum absolute atomic E-state index is 11.2. The second-order valence-electron chi connectivity index (χ2n) is 4.41. The maximum atomic E-state index is 11.2. The number of hydrogen-bond acceptors (Lipinski definition) is 6. The van der Waals surface area contributed by atoms with E-state index in [0.717, 1.165) is 0 Å². The molecule has 0 saturated carbocycles. The zero-order chi connectivity index (χ0) is 13.6. The van der Waals surface area contributed by atoms with Gasteiger partial charge in [-0.1, -0.05) is 0 Å². The van der Waals surface area contributed by atoms with Crippen LogP contribution in [-0.2, 0) is 14.6 Å². The molecule has 1 heterocycles. The molecular formula is C10H20N2O4S2.